The number of hydrogen-bond acceptors (Lipinski definition) is 6. The Labute approximate surface area is 203 Å². The van der Waals surface area contributed by atoms with Crippen LogP contribution in [0.15, 0.2) is 60.7 Å². The van der Waals surface area contributed by atoms with Crippen LogP contribution in [0.1, 0.15) is 45.2 Å². The standard InChI is InChI=1S/C27H25NO6S/c1-17-15-20(19(3)29)16-18(2)26(17)34-27(30)25-21-9-4-6-11-23(21)28(13-8-14-35(31,32)33)24-12-7-5-10-22(24)25/h4-7,9-12,15-16H,8,13-14H2,1-3H3. The van der Waals surface area contributed by atoms with Crippen molar-refractivity contribution in [2.24, 2.45) is 0 Å². The van der Waals surface area contributed by atoms with E-state index in [-0.39, 0.29) is 12.2 Å². The number of hydrogen-bond donors (Lipinski definition) is 0. The maximum absolute atomic E-state index is 13.6. The van der Waals surface area contributed by atoms with Gasteiger partial charge in [0.2, 0.25) is 11.0 Å². The van der Waals surface area contributed by atoms with E-state index in [1.807, 2.05) is 53.1 Å². The van der Waals surface area contributed by atoms with Gasteiger partial charge in [-0.3, -0.25) is 4.79 Å². The molecule has 0 amide bonds. The Bertz CT molecular complexity index is 1510. The molecule has 35 heavy (non-hydrogen) atoms. The number of carbonyl (C=O) groups excluding carboxylic acids is 2. The number of ether oxygens (including phenoxy) is 1. The summed E-state index contributed by atoms with van der Waals surface area (Å²) in [7, 11) is -4.33. The Morgan fingerprint density at radius 2 is 1.43 bits per heavy atom. The van der Waals surface area contributed by atoms with E-state index in [0.717, 1.165) is 11.0 Å². The Hall–Kier alpha value is -3.62. The van der Waals surface area contributed by atoms with Gasteiger partial charge in [-0.05, 0) is 56.2 Å². The van der Waals surface area contributed by atoms with E-state index in [4.69, 9.17) is 4.74 Å². The number of ketones is 1. The van der Waals surface area contributed by atoms with E-state index in [9.17, 15) is 22.6 Å². The third-order valence-electron chi connectivity index (χ3n) is 5.97. The first-order valence-corrected chi connectivity index (χ1v) is 12.8. The van der Waals surface area contributed by atoms with Crippen LogP contribution in [-0.4, -0.2) is 30.5 Å². The number of aromatic nitrogens is 1. The molecule has 8 heteroatoms. The van der Waals surface area contributed by atoms with E-state index < -0.39 is 21.8 Å². The van der Waals surface area contributed by atoms with Crippen molar-refractivity contribution < 1.29 is 31.9 Å². The molecule has 0 saturated carbocycles. The predicted octanol–water partition coefficient (Wildman–Crippen LogP) is 4.25. The second-order valence-electron chi connectivity index (χ2n) is 8.56. The average molecular weight is 492 g/mol. The van der Waals surface area contributed by atoms with Gasteiger partial charge in [0.25, 0.3) is 0 Å². The molecule has 3 aromatic carbocycles. The lowest BCUT2D eigenvalue weighted by atomic mass is 10.0. The normalized spacial score (nSPS) is 11.7. The van der Waals surface area contributed by atoms with E-state index in [0.29, 0.717) is 45.3 Å². The van der Waals surface area contributed by atoms with Crippen LogP contribution >= 0.6 is 0 Å². The summed E-state index contributed by atoms with van der Waals surface area (Å²) in [6, 6.07) is 18.1. The zero-order chi connectivity index (χ0) is 25.3. The Balaban J connectivity index is 1.85. The fourth-order valence-corrected chi connectivity index (χ4v) is 4.92. The van der Waals surface area contributed by atoms with Gasteiger partial charge in [0, 0.05) is 29.9 Å². The molecule has 4 aromatic rings. The van der Waals surface area contributed by atoms with Gasteiger partial charge in [-0.15, -0.1) is 0 Å². The molecule has 4 rings (SSSR count). The van der Waals surface area contributed by atoms with Crippen LogP contribution in [0.3, 0.4) is 0 Å². The summed E-state index contributed by atoms with van der Waals surface area (Å²) < 4.78 is 41.2. The van der Waals surface area contributed by atoms with Gasteiger partial charge in [-0.1, -0.05) is 24.3 Å². The van der Waals surface area contributed by atoms with Crippen LogP contribution in [0.25, 0.3) is 21.8 Å². The second kappa shape index (κ2) is 9.56. The van der Waals surface area contributed by atoms with E-state index in [2.05, 4.69) is 0 Å². The number of pyridine rings is 1. The molecule has 0 aliphatic rings. The molecular weight excluding hydrogens is 466 g/mol. The highest BCUT2D eigenvalue weighted by molar-refractivity contribution is 7.85. The summed E-state index contributed by atoms with van der Waals surface area (Å²) in [5.74, 6) is -0.663. The smallest absolute Gasteiger partial charge is 0.345 e. The average Bonchev–Trinajstić information content (AvgIpc) is 2.80. The number of fused-ring (bicyclic) bond motifs is 2. The lowest BCUT2D eigenvalue weighted by molar-refractivity contribution is -0.645. The van der Waals surface area contributed by atoms with Crippen LogP contribution in [0, 0.1) is 13.8 Å². The number of esters is 1. The van der Waals surface area contributed by atoms with Crippen molar-refractivity contribution in [1.82, 2.24) is 0 Å². The molecule has 0 aliphatic carbocycles. The minimum Gasteiger partial charge on any atom is -0.748 e. The molecular formula is C27H25NO6S. The zero-order valence-corrected chi connectivity index (χ0v) is 20.5. The first-order chi connectivity index (χ1) is 16.6. The molecule has 180 valence electrons. The van der Waals surface area contributed by atoms with Gasteiger partial charge in [0.15, 0.2) is 12.3 Å². The Morgan fingerprint density at radius 3 is 1.91 bits per heavy atom. The second-order valence-corrected chi connectivity index (χ2v) is 10.1. The van der Waals surface area contributed by atoms with Gasteiger partial charge in [-0.2, -0.15) is 4.57 Å². The fraction of sp³-hybridized carbons (Fsp3) is 0.222. The topological polar surface area (TPSA) is 104 Å². The lowest BCUT2D eigenvalue weighted by Crippen LogP contribution is -2.37. The summed E-state index contributed by atoms with van der Waals surface area (Å²) in [6.07, 6.45) is 0.148. The SMILES string of the molecule is CC(=O)c1cc(C)c(OC(=O)c2c3ccccc3[n+](CCCS(=O)(=O)[O-])c3ccccc23)c(C)c1. The van der Waals surface area contributed by atoms with E-state index in [1.165, 1.54) is 6.92 Å². The van der Waals surface area contributed by atoms with Crippen molar-refractivity contribution in [3.8, 4) is 5.75 Å². The van der Waals surface area contributed by atoms with Crippen molar-refractivity contribution in [3.63, 3.8) is 0 Å². The van der Waals surface area contributed by atoms with Crippen LogP contribution in [-0.2, 0) is 16.7 Å². The minimum absolute atomic E-state index is 0.0662. The molecule has 0 atom stereocenters. The highest BCUT2D eigenvalue weighted by Crippen LogP contribution is 2.30. The van der Waals surface area contributed by atoms with Crippen molar-refractivity contribution in [3.05, 3.63) is 82.9 Å². The van der Waals surface area contributed by atoms with E-state index >= 15 is 0 Å². The van der Waals surface area contributed by atoms with E-state index in [1.54, 1.807) is 26.0 Å². The quantitative estimate of drug-likeness (QED) is 0.0956. The number of Topliss-reactive ketones (excluding diaryl/α,β-unsaturated/α-hetero) is 1. The number of rotatable bonds is 7. The molecule has 1 heterocycles. The monoisotopic (exact) mass is 491 g/mol. The Morgan fingerprint density at radius 1 is 0.914 bits per heavy atom. The van der Waals surface area contributed by atoms with Crippen LogP contribution in [0.2, 0.25) is 0 Å². The molecule has 0 spiro atoms. The zero-order valence-electron chi connectivity index (χ0n) is 19.7. The predicted molar refractivity (Wildman–Crippen MR) is 132 cm³/mol. The van der Waals surface area contributed by atoms with Crippen LogP contribution in [0.4, 0.5) is 0 Å². The summed E-state index contributed by atoms with van der Waals surface area (Å²) in [6.45, 7) is 5.37. The van der Waals surface area contributed by atoms with Gasteiger partial charge in [0.1, 0.15) is 5.75 Å². The lowest BCUT2D eigenvalue weighted by Gasteiger charge is -2.15. The molecule has 0 unspecified atom stereocenters. The molecule has 0 N–H and O–H groups in total. The molecule has 0 fully saturated rings. The van der Waals surface area contributed by atoms with Crippen LogP contribution in [0.5, 0.6) is 5.75 Å². The first kappa shape index (κ1) is 24.5. The van der Waals surface area contributed by atoms with Crippen molar-refractivity contribution >= 4 is 43.7 Å². The van der Waals surface area contributed by atoms with Gasteiger partial charge < -0.3 is 9.29 Å². The van der Waals surface area contributed by atoms with Gasteiger partial charge in [-0.25, -0.2) is 13.2 Å². The van der Waals surface area contributed by atoms with Crippen LogP contribution < -0.4 is 9.30 Å². The highest BCUT2D eigenvalue weighted by Gasteiger charge is 2.26. The first-order valence-electron chi connectivity index (χ1n) is 11.2. The number of aryl methyl sites for hydroxylation is 3. The highest BCUT2D eigenvalue weighted by atomic mass is 32.2. The molecule has 1 aromatic heterocycles. The third-order valence-corrected chi connectivity index (χ3v) is 6.76. The van der Waals surface area contributed by atoms with Crippen molar-refractivity contribution in [2.45, 2.75) is 33.7 Å². The number of para-hydroxylation sites is 2. The summed E-state index contributed by atoms with van der Waals surface area (Å²) in [5.41, 5.74) is 3.75. The summed E-state index contributed by atoms with van der Waals surface area (Å²) in [5, 5.41) is 1.30. The fourth-order valence-electron chi connectivity index (χ4n) is 4.43. The largest absolute Gasteiger partial charge is 0.748 e. The number of benzene rings is 3. The minimum atomic E-state index is -4.33. The summed E-state index contributed by atoms with van der Waals surface area (Å²) >= 11 is 0. The Kier molecular flexibility index (Phi) is 6.69. The molecule has 0 radical (unpaired) electrons. The molecule has 0 saturated heterocycles. The van der Waals surface area contributed by atoms with Crippen molar-refractivity contribution in [1.29, 1.82) is 0 Å². The maximum atomic E-state index is 13.6. The van der Waals surface area contributed by atoms with Gasteiger partial charge >= 0.3 is 5.97 Å². The molecule has 7 nitrogen and oxygen atoms in total. The summed E-state index contributed by atoms with van der Waals surface area (Å²) in [4.78, 5) is 25.4. The number of carbonyl (C=O) groups is 2. The third kappa shape index (κ3) is 5.08. The number of nitrogens with zero attached hydrogens (tertiary/aromatic N) is 1. The van der Waals surface area contributed by atoms with Gasteiger partial charge in [0.05, 0.1) is 26.5 Å². The maximum Gasteiger partial charge on any atom is 0.345 e. The van der Waals surface area contributed by atoms with Crippen molar-refractivity contribution in [2.75, 3.05) is 5.75 Å². The molecule has 0 bridgehead atoms. The molecule has 0 aliphatic heterocycles.